The molecule has 0 aliphatic carbocycles. The van der Waals surface area contributed by atoms with Crippen molar-refractivity contribution in [2.75, 3.05) is 17.0 Å². The van der Waals surface area contributed by atoms with Crippen molar-refractivity contribution in [3.05, 3.63) is 88.4 Å². The maximum Gasteiger partial charge on any atom is 0.259 e. The highest BCUT2D eigenvalue weighted by molar-refractivity contribution is 6.53. The molecule has 5 rings (SSSR count). The molecule has 1 fully saturated rings. The third-order valence-electron chi connectivity index (χ3n) is 5.80. The molecule has 0 aromatic heterocycles. The standard InChI is InChI=1S/C25H17Cl2N3O4/c1-34-17-10-7-14(8-11-17)23(31)21-20-22(30(28-21)16-5-3-2-4-6-16)25(33)29(24(20)32)19-13-15(26)9-12-18(19)27/h2-13,20,22H,1H3/t20-,22+/m1/s1. The molecule has 1 saturated heterocycles. The number of carbonyl (C=O) groups excluding carboxylic acids is 3. The molecule has 34 heavy (non-hydrogen) atoms. The lowest BCUT2D eigenvalue weighted by Gasteiger charge is -2.22. The van der Waals surface area contributed by atoms with Crippen molar-refractivity contribution in [2.24, 2.45) is 11.0 Å². The number of ether oxygens (including phenoxy) is 1. The normalized spacial score (nSPS) is 19.3. The van der Waals surface area contributed by atoms with Crippen LogP contribution in [0.5, 0.6) is 5.75 Å². The van der Waals surface area contributed by atoms with Crippen LogP contribution in [0.1, 0.15) is 10.4 Å². The van der Waals surface area contributed by atoms with Gasteiger partial charge in [-0.15, -0.1) is 0 Å². The summed E-state index contributed by atoms with van der Waals surface area (Å²) in [6, 6.07) is 18.9. The minimum Gasteiger partial charge on any atom is -0.497 e. The second kappa shape index (κ2) is 8.59. The predicted octanol–water partition coefficient (Wildman–Crippen LogP) is 4.62. The third kappa shape index (κ3) is 3.54. The minimum absolute atomic E-state index is 0.0157. The average molecular weight is 494 g/mol. The van der Waals surface area contributed by atoms with E-state index in [1.165, 1.54) is 24.3 Å². The fraction of sp³-hybridized carbons (Fsp3) is 0.120. The van der Waals surface area contributed by atoms with Gasteiger partial charge in [0.15, 0.2) is 0 Å². The number of imide groups is 1. The lowest BCUT2D eigenvalue weighted by atomic mass is 9.92. The van der Waals surface area contributed by atoms with Gasteiger partial charge in [-0.3, -0.25) is 19.4 Å². The molecule has 0 unspecified atom stereocenters. The Kier molecular flexibility index (Phi) is 5.59. The fourth-order valence-corrected chi connectivity index (χ4v) is 4.55. The molecule has 2 aliphatic heterocycles. The molecule has 170 valence electrons. The summed E-state index contributed by atoms with van der Waals surface area (Å²) in [4.78, 5) is 41.7. The van der Waals surface area contributed by atoms with Crippen LogP contribution >= 0.6 is 23.2 Å². The van der Waals surface area contributed by atoms with Crippen molar-refractivity contribution >= 4 is 57.9 Å². The number of benzene rings is 3. The number of rotatable bonds is 5. The third-order valence-corrected chi connectivity index (χ3v) is 6.36. The molecule has 3 aromatic carbocycles. The van der Waals surface area contributed by atoms with Gasteiger partial charge in [-0.25, -0.2) is 4.90 Å². The molecule has 2 amide bonds. The first kappa shape index (κ1) is 22.1. The molecule has 0 saturated carbocycles. The summed E-state index contributed by atoms with van der Waals surface area (Å²) in [7, 11) is 1.53. The van der Waals surface area contributed by atoms with Crippen molar-refractivity contribution in [1.29, 1.82) is 0 Å². The molecule has 2 aliphatic rings. The van der Waals surface area contributed by atoms with Crippen molar-refractivity contribution < 1.29 is 19.1 Å². The van der Waals surface area contributed by atoms with Crippen molar-refractivity contribution in [2.45, 2.75) is 6.04 Å². The van der Waals surface area contributed by atoms with Gasteiger partial charge < -0.3 is 4.74 Å². The molecule has 0 N–H and O–H groups in total. The van der Waals surface area contributed by atoms with Crippen LogP contribution in [-0.4, -0.2) is 36.5 Å². The summed E-state index contributed by atoms with van der Waals surface area (Å²) >= 11 is 12.4. The number of Topliss-reactive ketones (excluding diaryl/α,β-unsaturated/α-hetero) is 1. The van der Waals surface area contributed by atoms with Gasteiger partial charge >= 0.3 is 0 Å². The zero-order valence-electron chi connectivity index (χ0n) is 17.8. The van der Waals surface area contributed by atoms with Crippen molar-refractivity contribution in [1.82, 2.24) is 0 Å². The quantitative estimate of drug-likeness (QED) is 0.382. The topological polar surface area (TPSA) is 79.3 Å². The minimum atomic E-state index is -1.10. The van der Waals surface area contributed by atoms with Crippen LogP contribution < -0.4 is 14.6 Å². The molecule has 2 heterocycles. The molecule has 3 aromatic rings. The lowest BCUT2D eigenvalue weighted by Crippen LogP contribution is -2.39. The van der Waals surface area contributed by atoms with Gasteiger partial charge in [-0.05, 0) is 54.6 Å². The average Bonchev–Trinajstić information content (AvgIpc) is 3.37. The number of methoxy groups -OCH3 is 1. The molecule has 9 heteroatoms. The Bertz CT molecular complexity index is 1340. The van der Waals surface area contributed by atoms with E-state index in [0.717, 1.165) is 4.90 Å². The number of hydrazone groups is 1. The monoisotopic (exact) mass is 493 g/mol. The van der Waals surface area contributed by atoms with Crippen LogP contribution in [0, 0.1) is 5.92 Å². The molecule has 0 bridgehead atoms. The first-order valence-corrected chi connectivity index (χ1v) is 11.1. The number of anilines is 2. The van der Waals surface area contributed by atoms with Gasteiger partial charge in [0, 0.05) is 10.6 Å². The van der Waals surface area contributed by atoms with Crippen molar-refractivity contribution in [3.8, 4) is 5.75 Å². The van der Waals surface area contributed by atoms with E-state index in [9.17, 15) is 14.4 Å². The van der Waals surface area contributed by atoms with E-state index < -0.39 is 29.6 Å². The first-order valence-electron chi connectivity index (χ1n) is 10.3. The van der Waals surface area contributed by atoms with Crippen molar-refractivity contribution in [3.63, 3.8) is 0 Å². The largest absolute Gasteiger partial charge is 0.497 e. The zero-order valence-corrected chi connectivity index (χ0v) is 19.3. The summed E-state index contributed by atoms with van der Waals surface area (Å²) < 4.78 is 5.16. The van der Waals surface area contributed by atoms with Crippen LogP contribution in [0.3, 0.4) is 0 Å². The van der Waals surface area contributed by atoms with E-state index in [0.29, 0.717) is 22.0 Å². The van der Waals surface area contributed by atoms with E-state index in [1.54, 1.807) is 54.6 Å². The van der Waals surface area contributed by atoms with E-state index in [1.807, 2.05) is 6.07 Å². The highest BCUT2D eigenvalue weighted by atomic mass is 35.5. The fourth-order valence-electron chi connectivity index (χ4n) is 4.18. The summed E-state index contributed by atoms with van der Waals surface area (Å²) in [5.74, 6) is -2.08. The Balaban J connectivity index is 1.61. The molecule has 7 nitrogen and oxygen atoms in total. The number of fused-ring (bicyclic) bond motifs is 1. The number of amides is 2. The molecule has 0 spiro atoms. The van der Waals surface area contributed by atoms with Crippen LogP contribution in [0.25, 0.3) is 0 Å². The molecule has 0 radical (unpaired) electrons. The van der Waals surface area contributed by atoms with Gasteiger partial charge in [0.25, 0.3) is 5.91 Å². The smallest absolute Gasteiger partial charge is 0.259 e. The van der Waals surface area contributed by atoms with Gasteiger partial charge in [-0.1, -0.05) is 41.4 Å². The number of para-hydroxylation sites is 1. The first-order chi connectivity index (χ1) is 16.4. The molecular formula is C25H17Cl2N3O4. The summed E-state index contributed by atoms with van der Waals surface area (Å²) in [5, 5.41) is 6.41. The SMILES string of the molecule is COc1ccc(C(=O)C2=NN(c3ccccc3)[C@@H]3C(=O)N(c4cc(Cl)ccc4Cl)C(=O)[C@H]23)cc1. The summed E-state index contributed by atoms with van der Waals surface area (Å²) in [5.41, 5.74) is 1.06. The Morgan fingerprint density at radius 1 is 0.941 bits per heavy atom. The highest BCUT2D eigenvalue weighted by Gasteiger charge is 2.58. The second-order valence-electron chi connectivity index (χ2n) is 7.75. The number of hydrogen-bond donors (Lipinski definition) is 0. The van der Waals surface area contributed by atoms with Gasteiger partial charge in [0.2, 0.25) is 11.7 Å². The predicted molar refractivity (Wildman–Crippen MR) is 130 cm³/mol. The Morgan fingerprint density at radius 3 is 2.32 bits per heavy atom. The van der Waals surface area contributed by atoms with E-state index in [-0.39, 0.29) is 16.4 Å². The van der Waals surface area contributed by atoms with Crippen LogP contribution in [-0.2, 0) is 9.59 Å². The van der Waals surface area contributed by atoms with Crippen LogP contribution in [0.4, 0.5) is 11.4 Å². The summed E-state index contributed by atoms with van der Waals surface area (Å²) in [6.45, 7) is 0. The Morgan fingerprint density at radius 2 is 1.65 bits per heavy atom. The summed E-state index contributed by atoms with van der Waals surface area (Å²) in [6.07, 6.45) is 0. The number of halogens is 2. The number of ketones is 1. The molecular weight excluding hydrogens is 477 g/mol. The van der Waals surface area contributed by atoms with Gasteiger partial charge in [0.1, 0.15) is 23.4 Å². The maximum atomic E-state index is 13.6. The van der Waals surface area contributed by atoms with Gasteiger partial charge in [-0.2, -0.15) is 5.10 Å². The number of carbonyl (C=O) groups is 3. The molecule has 2 atom stereocenters. The maximum absolute atomic E-state index is 13.6. The van der Waals surface area contributed by atoms with E-state index in [4.69, 9.17) is 27.9 Å². The van der Waals surface area contributed by atoms with E-state index in [2.05, 4.69) is 5.10 Å². The Hall–Kier alpha value is -3.68. The highest BCUT2D eigenvalue weighted by Crippen LogP contribution is 2.41. The number of nitrogens with zero attached hydrogens (tertiary/aromatic N) is 3. The lowest BCUT2D eigenvalue weighted by molar-refractivity contribution is -0.121. The number of hydrogen-bond acceptors (Lipinski definition) is 6. The van der Waals surface area contributed by atoms with Gasteiger partial charge in [0.05, 0.1) is 23.5 Å². The van der Waals surface area contributed by atoms with Crippen LogP contribution in [0.15, 0.2) is 77.9 Å². The Labute approximate surface area is 205 Å². The second-order valence-corrected chi connectivity index (χ2v) is 8.60. The van der Waals surface area contributed by atoms with E-state index >= 15 is 0 Å². The zero-order chi connectivity index (χ0) is 24.0. The van der Waals surface area contributed by atoms with Crippen LogP contribution in [0.2, 0.25) is 10.0 Å².